The van der Waals surface area contributed by atoms with Crippen molar-refractivity contribution in [3.63, 3.8) is 0 Å². The Morgan fingerprint density at radius 3 is 2.04 bits per heavy atom. The van der Waals surface area contributed by atoms with Crippen molar-refractivity contribution in [2.24, 2.45) is 5.41 Å². The lowest BCUT2D eigenvalue weighted by Crippen LogP contribution is -2.50. The second kappa shape index (κ2) is 20.0. The molecule has 5 aliphatic heterocycles. The van der Waals surface area contributed by atoms with Gasteiger partial charge in [-0.15, -0.1) is 0 Å². The summed E-state index contributed by atoms with van der Waals surface area (Å²) in [5, 5.41) is 11.7. The maximum Gasteiger partial charge on any atom is 0.416 e. The molecule has 1 spiro atoms. The van der Waals surface area contributed by atoms with E-state index in [1.54, 1.807) is 34.1 Å². The molecule has 3 aromatic carbocycles. The van der Waals surface area contributed by atoms with Crippen LogP contribution >= 0.6 is 0 Å². The van der Waals surface area contributed by atoms with Crippen LogP contribution in [0.2, 0.25) is 0 Å². The van der Waals surface area contributed by atoms with Crippen LogP contribution in [0.4, 0.5) is 21.0 Å². The van der Waals surface area contributed by atoms with Gasteiger partial charge in [0.25, 0.3) is 11.8 Å². The van der Waals surface area contributed by atoms with E-state index in [2.05, 4.69) is 37.4 Å². The van der Waals surface area contributed by atoms with Gasteiger partial charge in [-0.2, -0.15) is 0 Å². The summed E-state index contributed by atoms with van der Waals surface area (Å²) in [6.45, 7) is 10.1. The zero-order valence-corrected chi connectivity index (χ0v) is 38.8. The molecule has 68 heavy (non-hydrogen) atoms. The predicted octanol–water partition coefficient (Wildman–Crippen LogP) is 8.08. The summed E-state index contributed by atoms with van der Waals surface area (Å²) in [6, 6.07) is 14.1. The van der Waals surface area contributed by atoms with Crippen LogP contribution in [0.15, 0.2) is 80.0 Å². The molecule has 9 rings (SSSR count). The second-order valence-electron chi connectivity index (χ2n) is 18.4. The Morgan fingerprint density at radius 2 is 1.43 bits per heavy atom. The minimum absolute atomic E-state index is 0.00407. The number of aliphatic hydroxyl groups excluding tert-OH is 1. The average molecular weight is 933 g/mol. The Balaban J connectivity index is 0.860. The van der Waals surface area contributed by atoms with Crippen LogP contribution < -0.4 is 28.7 Å². The van der Waals surface area contributed by atoms with Crippen molar-refractivity contribution in [2.75, 3.05) is 76.8 Å². The second-order valence-corrected chi connectivity index (χ2v) is 18.4. The molecular weight excluding hydrogens is 873 g/mol. The number of benzene rings is 3. The lowest BCUT2D eigenvalue weighted by molar-refractivity contribution is 0.0496. The van der Waals surface area contributed by atoms with Crippen LogP contribution in [0, 0.1) is 5.41 Å². The Labute approximate surface area is 396 Å². The summed E-state index contributed by atoms with van der Waals surface area (Å²) >= 11 is 0. The molecule has 4 amide bonds. The first kappa shape index (κ1) is 46.6. The van der Waals surface area contributed by atoms with Gasteiger partial charge in [0.05, 0.1) is 68.6 Å². The first-order valence-corrected chi connectivity index (χ1v) is 23.6. The van der Waals surface area contributed by atoms with E-state index in [9.17, 15) is 24.3 Å². The number of fused-ring (bicyclic) bond motifs is 4. The summed E-state index contributed by atoms with van der Waals surface area (Å²) in [7, 11) is 2.99. The highest BCUT2D eigenvalue weighted by Crippen LogP contribution is 2.57. The number of anilines is 2. The quantitative estimate of drug-likeness (QED) is 0.109. The molecule has 6 aliphatic rings. The highest BCUT2D eigenvalue weighted by molar-refractivity contribution is 6.07. The predicted molar refractivity (Wildman–Crippen MR) is 253 cm³/mol. The summed E-state index contributed by atoms with van der Waals surface area (Å²) < 4.78 is 40.4. The molecule has 1 aliphatic carbocycles. The molecule has 3 aromatic rings. The van der Waals surface area contributed by atoms with Gasteiger partial charge in [0.1, 0.15) is 13.2 Å². The van der Waals surface area contributed by atoms with Crippen molar-refractivity contribution >= 4 is 40.9 Å². The van der Waals surface area contributed by atoms with Crippen LogP contribution in [0.1, 0.15) is 95.5 Å². The maximum atomic E-state index is 14.4. The smallest absolute Gasteiger partial charge is 0.416 e. The lowest BCUT2D eigenvalue weighted by Gasteiger charge is -2.31. The molecule has 3 atom stereocenters. The highest BCUT2D eigenvalue weighted by atomic mass is 16.6. The molecule has 5 heterocycles. The van der Waals surface area contributed by atoms with E-state index in [1.807, 2.05) is 6.20 Å². The number of methoxy groups -OCH3 is 2. The van der Waals surface area contributed by atoms with Crippen LogP contribution in [-0.4, -0.2) is 124 Å². The summed E-state index contributed by atoms with van der Waals surface area (Å²) in [5.74, 6) is 1.26. The Bertz CT molecular complexity index is 2460. The topological polar surface area (TPSA) is 166 Å². The van der Waals surface area contributed by atoms with Crippen LogP contribution in [-0.2, 0) is 14.2 Å². The first-order chi connectivity index (χ1) is 33.1. The van der Waals surface area contributed by atoms with Crippen molar-refractivity contribution in [3.8, 4) is 23.0 Å². The van der Waals surface area contributed by atoms with E-state index in [4.69, 9.17) is 33.2 Å². The van der Waals surface area contributed by atoms with Gasteiger partial charge < -0.3 is 48.1 Å². The van der Waals surface area contributed by atoms with E-state index in [0.717, 1.165) is 54.9 Å². The molecule has 0 aromatic heterocycles. The van der Waals surface area contributed by atoms with Gasteiger partial charge in [0.15, 0.2) is 29.2 Å². The number of nitrogens with zero attached hydrogens (tertiary/aromatic N) is 4. The molecule has 16 nitrogen and oxygen atoms in total. The fourth-order valence-electron chi connectivity index (χ4n) is 10.2. The molecular formula is C52H60N4O12. The number of hydrogen-bond acceptors (Lipinski definition) is 12. The summed E-state index contributed by atoms with van der Waals surface area (Å²) in [6.07, 6.45) is 9.13. The summed E-state index contributed by atoms with van der Waals surface area (Å²) in [4.78, 5) is 61.6. The number of aliphatic hydroxyl groups is 1. The standard InChI is InChI=1S/C52H60N4O12/c1-5-18-67-50(60)54-31-37-24-36(34-12-10-33(11-13-34)35-14-22-64-23-15-35)30-53(37)47(57)38-25-43(62-3)45(27-40(38)54)65-20-8-7-9-21-66-46-28-41-39(26-44(46)63-4)48(58)55-32-52(16-17-52)29-42(55)49(59)56(41)51(61)68-19-6-2/h5-6,10-13,25-28,30,35,37,42,49,59H,1-2,7-9,14-24,29,31-32H2,3-4H3/t37-,42-,49?/m0/s1. The molecule has 2 saturated heterocycles. The van der Waals surface area contributed by atoms with E-state index in [1.165, 1.54) is 36.8 Å². The van der Waals surface area contributed by atoms with Gasteiger partial charge in [0.2, 0.25) is 0 Å². The third-order valence-corrected chi connectivity index (χ3v) is 14.1. The minimum Gasteiger partial charge on any atom is -0.493 e. The van der Waals surface area contributed by atoms with Crippen molar-refractivity contribution in [3.05, 3.63) is 102 Å². The first-order valence-electron chi connectivity index (χ1n) is 23.6. The number of hydrogen-bond donors (Lipinski definition) is 1. The zero-order valence-electron chi connectivity index (χ0n) is 38.8. The van der Waals surface area contributed by atoms with Gasteiger partial charge in [-0.25, -0.2) is 14.5 Å². The molecule has 1 N–H and O–H groups in total. The van der Waals surface area contributed by atoms with Crippen LogP contribution in [0.3, 0.4) is 0 Å². The van der Waals surface area contributed by atoms with E-state index in [0.29, 0.717) is 79.9 Å². The number of carbonyl (C=O) groups excluding carboxylic acids is 4. The fourth-order valence-corrected chi connectivity index (χ4v) is 10.2. The maximum absolute atomic E-state index is 14.4. The van der Waals surface area contributed by atoms with Crippen molar-refractivity contribution in [1.82, 2.24) is 9.80 Å². The largest absolute Gasteiger partial charge is 0.493 e. The Hall–Kier alpha value is -6.52. The molecule has 16 heteroatoms. The molecule has 1 saturated carbocycles. The van der Waals surface area contributed by atoms with Gasteiger partial charge in [-0.1, -0.05) is 49.6 Å². The van der Waals surface area contributed by atoms with Crippen molar-refractivity contribution in [1.29, 1.82) is 0 Å². The van der Waals surface area contributed by atoms with E-state index >= 15 is 0 Å². The van der Waals surface area contributed by atoms with Crippen LogP contribution in [0.5, 0.6) is 23.0 Å². The average Bonchev–Trinajstić information content (AvgIpc) is 3.87. The molecule has 0 bridgehead atoms. The van der Waals surface area contributed by atoms with Gasteiger partial charge in [-0.05, 0) is 98.0 Å². The minimum atomic E-state index is -1.33. The monoisotopic (exact) mass is 932 g/mol. The number of ether oxygens (including phenoxy) is 7. The van der Waals surface area contributed by atoms with E-state index < -0.39 is 24.5 Å². The van der Waals surface area contributed by atoms with Crippen molar-refractivity contribution in [2.45, 2.75) is 82.0 Å². The number of unbranched alkanes of at least 4 members (excludes halogenated alkanes) is 2. The van der Waals surface area contributed by atoms with Crippen molar-refractivity contribution < 1.29 is 57.4 Å². The van der Waals surface area contributed by atoms with Crippen LogP contribution in [0.25, 0.3) is 5.57 Å². The third kappa shape index (κ3) is 9.23. The molecule has 1 unspecified atom stereocenters. The van der Waals surface area contributed by atoms with Gasteiger partial charge in [-0.3, -0.25) is 14.5 Å². The van der Waals surface area contributed by atoms with E-state index in [-0.39, 0.29) is 66.5 Å². The normalized spacial score (nSPS) is 21.4. The molecule has 360 valence electrons. The fraction of sp³-hybridized carbons (Fsp3) is 0.462. The summed E-state index contributed by atoms with van der Waals surface area (Å²) in [5.41, 5.74) is 4.34. The zero-order chi connectivity index (χ0) is 47.5. The molecule has 3 fully saturated rings. The number of amides is 4. The number of carbonyl (C=O) groups is 4. The highest BCUT2D eigenvalue weighted by Gasteiger charge is 2.58. The SMILES string of the molecule is C=CCOC(=O)N1C[C@@H]2CC(c3ccc(C4CCOCC4)cc3)=CN2C(=O)c2cc(OC)c(OCCCCCOc3cc4c(cc3OC)C(=O)N3CC5(CC5)C[C@H]3C(O)N4C(=O)OCC=C)cc21. The Kier molecular flexibility index (Phi) is 13.7. The molecule has 0 radical (unpaired) electrons. The third-order valence-electron chi connectivity index (χ3n) is 14.1. The number of rotatable bonds is 16. The van der Waals surface area contributed by atoms with Gasteiger partial charge >= 0.3 is 12.2 Å². The lowest BCUT2D eigenvalue weighted by atomic mass is 9.90. The van der Waals surface area contributed by atoms with Gasteiger partial charge in [0, 0.05) is 38.1 Å². The Morgan fingerprint density at radius 1 is 0.809 bits per heavy atom.